The minimum Gasteiger partial charge on any atom is -0.255 e. The Labute approximate surface area is 96.9 Å². The van der Waals surface area contributed by atoms with Crippen LogP contribution in [0.4, 0.5) is 13.2 Å². The second kappa shape index (κ2) is 4.57. The van der Waals surface area contributed by atoms with Gasteiger partial charge in [0, 0.05) is 6.20 Å². The number of hydrogen-bond donors (Lipinski definition) is 0. The molecule has 0 N–H and O–H groups in total. The van der Waals surface area contributed by atoms with Gasteiger partial charge in [0.1, 0.15) is 11.5 Å². The standard InChI is InChI=1S/C13H10F3N/c1-8-2-3-10(14)7-11(8)9-4-5-17-12(6-9)13(15)16/h2-7,13H,1H3. The summed E-state index contributed by atoms with van der Waals surface area (Å²) in [7, 11) is 0. The van der Waals surface area contributed by atoms with E-state index < -0.39 is 6.43 Å². The quantitative estimate of drug-likeness (QED) is 0.765. The van der Waals surface area contributed by atoms with Crippen LogP contribution in [-0.2, 0) is 0 Å². The Morgan fingerprint density at radius 2 is 1.88 bits per heavy atom. The van der Waals surface area contributed by atoms with Crippen molar-refractivity contribution in [2.24, 2.45) is 0 Å². The zero-order valence-corrected chi connectivity index (χ0v) is 9.12. The number of alkyl halides is 2. The molecule has 0 saturated heterocycles. The van der Waals surface area contributed by atoms with Gasteiger partial charge in [0.25, 0.3) is 6.43 Å². The smallest absolute Gasteiger partial charge is 0.255 e. The first-order chi connectivity index (χ1) is 8.08. The molecule has 0 aliphatic carbocycles. The summed E-state index contributed by atoms with van der Waals surface area (Å²) >= 11 is 0. The van der Waals surface area contributed by atoms with Gasteiger partial charge in [0.15, 0.2) is 0 Å². The molecular formula is C13H10F3N. The maximum absolute atomic E-state index is 13.1. The molecule has 0 aliphatic heterocycles. The molecule has 0 saturated carbocycles. The molecule has 0 spiro atoms. The lowest BCUT2D eigenvalue weighted by atomic mass is 10.0. The number of rotatable bonds is 2. The third kappa shape index (κ3) is 2.46. The van der Waals surface area contributed by atoms with Crippen LogP contribution in [0.2, 0.25) is 0 Å². The third-order valence-electron chi connectivity index (χ3n) is 2.52. The zero-order chi connectivity index (χ0) is 12.4. The molecule has 1 heterocycles. The number of pyridine rings is 1. The van der Waals surface area contributed by atoms with Crippen molar-refractivity contribution in [3.05, 3.63) is 53.6 Å². The molecule has 1 aromatic carbocycles. The summed E-state index contributed by atoms with van der Waals surface area (Å²) in [6.45, 7) is 1.80. The Morgan fingerprint density at radius 3 is 2.59 bits per heavy atom. The van der Waals surface area contributed by atoms with Crippen LogP contribution >= 0.6 is 0 Å². The molecule has 0 atom stereocenters. The average Bonchev–Trinajstić information content (AvgIpc) is 2.32. The summed E-state index contributed by atoms with van der Waals surface area (Å²) in [5.74, 6) is -0.388. The van der Waals surface area contributed by atoms with Crippen LogP contribution in [0.1, 0.15) is 17.7 Å². The number of aromatic nitrogens is 1. The SMILES string of the molecule is Cc1ccc(F)cc1-c1ccnc(C(F)F)c1. The first-order valence-corrected chi connectivity index (χ1v) is 5.08. The van der Waals surface area contributed by atoms with E-state index in [0.29, 0.717) is 11.1 Å². The van der Waals surface area contributed by atoms with Gasteiger partial charge in [-0.2, -0.15) is 0 Å². The fourth-order valence-corrected chi connectivity index (χ4v) is 1.64. The van der Waals surface area contributed by atoms with Gasteiger partial charge >= 0.3 is 0 Å². The van der Waals surface area contributed by atoms with Crippen molar-refractivity contribution in [2.75, 3.05) is 0 Å². The molecule has 0 aliphatic rings. The predicted molar refractivity (Wildman–Crippen MR) is 59.3 cm³/mol. The van der Waals surface area contributed by atoms with Gasteiger partial charge in [-0.15, -0.1) is 0 Å². The Kier molecular flexibility index (Phi) is 3.13. The van der Waals surface area contributed by atoms with E-state index in [1.165, 1.54) is 24.4 Å². The molecule has 4 heteroatoms. The van der Waals surface area contributed by atoms with Crippen molar-refractivity contribution in [3.8, 4) is 11.1 Å². The second-order valence-corrected chi connectivity index (χ2v) is 3.73. The molecule has 1 aromatic heterocycles. The van der Waals surface area contributed by atoms with Crippen LogP contribution in [0.25, 0.3) is 11.1 Å². The normalized spacial score (nSPS) is 10.9. The molecule has 0 fully saturated rings. The van der Waals surface area contributed by atoms with Crippen LogP contribution in [0.5, 0.6) is 0 Å². The minimum atomic E-state index is -2.62. The summed E-state index contributed by atoms with van der Waals surface area (Å²) in [6.07, 6.45) is -1.31. The predicted octanol–water partition coefficient (Wildman–Crippen LogP) is 4.13. The van der Waals surface area contributed by atoms with Crippen LogP contribution in [0.15, 0.2) is 36.5 Å². The molecule has 0 bridgehead atoms. The van der Waals surface area contributed by atoms with Crippen molar-refractivity contribution in [2.45, 2.75) is 13.3 Å². The first-order valence-electron chi connectivity index (χ1n) is 5.08. The van der Waals surface area contributed by atoms with Gasteiger partial charge in [0.05, 0.1) is 0 Å². The van der Waals surface area contributed by atoms with Crippen molar-refractivity contribution in [3.63, 3.8) is 0 Å². The van der Waals surface area contributed by atoms with Gasteiger partial charge in [-0.05, 0) is 47.9 Å². The molecule has 0 radical (unpaired) electrons. The molecule has 17 heavy (non-hydrogen) atoms. The van der Waals surface area contributed by atoms with Crippen molar-refractivity contribution < 1.29 is 13.2 Å². The largest absolute Gasteiger partial charge is 0.280 e. The number of halogens is 3. The van der Waals surface area contributed by atoms with Gasteiger partial charge in [0.2, 0.25) is 0 Å². The highest BCUT2D eigenvalue weighted by molar-refractivity contribution is 5.67. The van der Waals surface area contributed by atoms with E-state index in [0.717, 1.165) is 5.56 Å². The highest BCUT2D eigenvalue weighted by Crippen LogP contribution is 2.27. The van der Waals surface area contributed by atoms with Crippen LogP contribution in [0.3, 0.4) is 0 Å². The van der Waals surface area contributed by atoms with E-state index in [2.05, 4.69) is 4.98 Å². The summed E-state index contributed by atoms with van der Waals surface area (Å²) in [5.41, 5.74) is 1.69. The second-order valence-electron chi connectivity index (χ2n) is 3.73. The third-order valence-corrected chi connectivity index (χ3v) is 2.52. The van der Waals surface area contributed by atoms with E-state index in [1.54, 1.807) is 19.1 Å². The lowest BCUT2D eigenvalue weighted by Gasteiger charge is -2.07. The van der Waals surface area contributed by atoms with Crippen molar-refractivity contribution >= 4 is 0 Å². The number of hydrogen-bond acceptors (Lipinski definition) is 1. The number of nitrogens with zero attached hydrogens (tertiary/aromatic N) is 1. The monoisotopic (exact) mass is 237 g/mol. The number of benzene rings is 1. The first kappa shape index (κ1) is 11.6. The van der Waals surface area contributed by atoms with E-state index in [9.17, 15) is 13.2 Å². The summed E-state index contributed by atoms with van der Waals surface area (Å²) in [4.78, 5) is 3.57. The summed E-state index contributed by atoms with van der Waals surface area (Å²) < 4.78 is 38.1. The fourth-order valence-electron chi connectivity index (χ4n) is 1.64. The Bertz CT molecular complexity index is 538. The lowest BCUT2D eigenvalue weighted by Crippen LogP contribution is -1.92. The van der Waals surface area contributed by atoms with Gasteiger partial charge < -0.3 is 0 Å². The zero-order valence-electron chi connectivity index (χ0n) is 9.12. The Morgan fingerprint density at radius 1 is 1.12 bits per heavy atom. The van der Waals surface area contributed by atoms with E-state index in [1.807, 2.05) is 0 Å². The summed E-state index contributed by atoms with van der Waals surface area (Å²) in [5, 5.41) is 0. The molecule has 0 unspecified atom stereocenters. The van der Waals surface area contributed by atoms with Gasteiger partial charge in [-0.25, -0.2) is 13.2 Å². The van der Waals surface area contributed by atoms with E-state index >= 15 is 0 Å². The van der Waals surface area contributed by atoms with E-state index in [4.69, 9.17) is 0 Å². The molecule has 2 aromatic rings. The molecular weight excluding hydrogens is 227 g/mol. The topological polar surface area (TPSA) is 12.9 Å². The van der Waals surface area contributed by atoms with Crippen molar-refractivity contribution in [1.29, 1.82) is 0 Å². The average molecular weight is 237 g/mol. The minimum absolute atomic E-state index is 0.300. The molecule has 0 amide bonds. The Hall–Kier alpha value is -1.84. The van der Waals surface area contributed by atoms with Crippen LogP contribution in [0, 0.1) is 12.7 Å². The highest BCUT2D eigenvalue weighted by atomic mass is 19.3. The number of aryl methyl sites for hydroxylation is 1. The maximum atomic E-state index is 13.1. The maximum Gasteiger partial charge on any atom is 0.280 e. The van der Waals surface area contributed by atoms with Crippen LogP contribution < -0.4 is 0 Å². The van der Waals surface area contributed by atoms with Gasteiger partial charge in [-0.3, -0.25) is 4.98 Å². The van der Waals surface area contributed by atoms with Crippen LogP contribution in [-0.4, -0.2) is 4.98 Å². The lowest BCUT2D eigenvalue weighted by molar-refractivity contribution is 0.146. The van der Waals surface area contributed by atoms with Gasteiger partial charge in [-0.1, -0.05) is 6.07 Å². The fraction of sp³-hybridized carbons (Fsp3) is 0.154. The Balaban J connectivity index is 2.52. The molecule has 1 nitrogen and oxygen atoms in total. The highest BCUT2D eigenvalue weighted by Gasteiger charge is 2.11. The van der Waals surface area contributed by atoms with Crippen molar-refractivity contribution in [1.82, 2.24) is 4.98 Å². The van der Waals surface area contributed by atoms with E-state index in [-0.39, 0.29) is 11.5 Å². The molecule has 88 valence electrons. The molecule has 2 rings (SSSR count). The summed E-state index contributed by atoms with van der Waals surface area (Å²) in [6, 6.07) is 7.17.